The Bertz CT molecular complexity index is 224. The highest BCUT2D eigenvalue weighted by molar-refractivity contribution is 4.84. The van der Waals surface area contributed by atoms with E-state index in [2.05, 4.69) is 19.2 Å². The number of nitrogens with one attached hydrogen (secondary N) is 1. The zero-order chi connectivity index (χ0) is 13.4. The van der Waals surface area contributed by atoms with E-state index in [0.29, 0.717) is 13.0 Å². The minimum Gasteiger partial charge on any atom is -0.380 e. The minimum atomic E-state index is -2.43. The first kappa shape index (κ1) is 15.8. The molecule has 0 aromatic rings. The average Bonchev–Trinajstić information content (AvgIpc) is 2.65. The highest BCUT2D eigenvalue weighted by atomic mass is 19.3. The maximum absolute atomic E-state index is 13.2. The zero-order valence-electron chi connectivity index (χ0n) is 11.7. The van der Waals surface area contributed by atoms with Crippen molar-refractivity contribution in [3.63, 3.8) is 0 Å². The van der Waals surface area contributed by atoms with E-state index in [4.69, 9.17) is 4.74 Å². The summed E-state index contributed by atoms with van der Waals surface area (Å²) in [6.45, 7) is 6.52. The molecule has 2 atom stereocenters. The maximum Gasteiger partial charge on any atom is 0.248 e. The second-order valence-electron chi connectivity index (χ2n) is 5.43. The number of ether oxygens (including phenoxy) is 1. The molecule has 1 fully saturated rings. The highest BCUT2D eigenvalue weighted by Crippen LogP contribution is 2.40. The van der Waals surface area contributed by atoms with Gasteiger partial charge in [-0.15, -0.1) is 0 Å². The van der Waals surface area contributed by atoms with Crippen molar-refractivity contribution in [1.29, 1.82) is 0 Å². The number of hydrogen-bond donors (Lipinski definition) is 1. The molecule has 1 aliphatic rings. The standard InChI is InChI=1S/C14H27F2NO/c1-3-7-17-13(11-18-8-4-2)9-12-5-6-14(15,16)10-12/h12-13,17H,3-11H2,1-2H3. The third-order valence-corrected chi connectivity index (χ3v) is 3.47. The van der Waals surface area contributed by atoms with Crippen molar-refractivity contribution in [1.82, 2.24) is 5.32 Å². The summed E-state index contributed by atoms with van der Waals surface area (Å²) in [5, 5.41) is 3.41. The molecule has 0 aromatic carbocycles. The molecular weight excluding hydrogens is 236 g/mol. The first-order chi connectivity index (χ1) is 8.57. The van der Waals surface area contributed by atoms with Gasteiger partial charge in [-0.1, -0.05) is 13.8 Å². The van der Waals surface area contributed by atoms with Crippen molar-refractivity contribution in [2.24, 2.45) is 5.92 Å². The summed E-state index contributed by atoms with van der Waals surface area (Å²) in [5.74, 6) is -2.27. The monoisotopic (exact) mass is 263 g/mol. The van der Waals surface area contributed by atoms with Crippen LogP contribution in [0.4, 0.5) is 8.78 Å². The van der Waals surface area contributed by atoms with Crippen LogP contribution < -0.4 is 5.32 Å². The van der Waals surface area contributed by atoms with E-state index in [9.17, 15) is 8.78 Å². The molecule has 0 amide bonds. The normalized spacial score (nSPS) is 24.3. The number of alkyl halides is 2. The molecule has 0 spiro atoms. The van der Waals surface area contributed by atoms with Gasteiger partial charge in [0.2, 0.25) is 5.92 Å². The van der Waals surface area contributed by atoms with Gasteiger partial charge in [0.1, 0.15) is 0 Å². The number of halogens is 2. The van der Waals surface area contributed by atoms with Gasteiger partial charge in [-0.3, -0.25) is 0 Å². The molecule has 1 saturated carbocycles. The summed E-state index contributed by atoms with van der Waals surface area (Å²) in [4.78, 5) is 0. The van der Waals surface area contributed by atoms with E-state index >= 15 is 0 Å². The highest BCUT2D eigenvalue weighted by Gasteiger charge is 2.39. The predicted molar refractivity (Wildman–Crippen MR) is 70.1 cm³/mol. The van der Waals surface area contributed by atoms with Gasteiger partial charge < -0.3 is 10.1 Å². The van der Waals surface area contributed by atoms with Crippen LogP contribution in [0.15, 0.2) is 0 Å². The molecule has 0 heterocycles. The van der Waals surface area contributed by atoms with Crippen LogP contribution in [0, 0.1) is 5.92 Å². The Labute approximate surface area is 109 Å². The lowest BCUT2D eigenvalue weighted by Crippen LogP contribution is -2.36. The lowest BCUT2D eigenvalue weighted by molar-refractivity contribution is 0.00359. The Hall–Kier alpha value is -0.220. The summed E-state index contributed by atoms with van der Waals surface area (Å²) in [7, 11) is 0. The van der Waals surface area contributed by atoms with E-state index in [1.165, 1.54) is 0 Å². The van der Waals surface area contributed by atoms with Gasteiger partial charge in [0, 0.05) is 25.5 Å². The second-order valence-corrected chi connectivity index (χ2v) is 5.43. The van der Waals surface area contributed by atoms with Gasteiger partial charge in [-0.2, -0.15) is 0 Å². The molecule has 1 N–H and O–H groups in total. The van der Waals surface area contributed by atoms with Gasteiger partial charge >= 0.3 is 0 Å². The molecule has 2 unspecified atom stereocenters. The summed E-state index contributed by atoms with van der Waals surface area (Å²) < 4.78 is 31.9. The first-order valence-electron chi connectivity index (χ1n) is 7.26. The minimum absolute atomic E-state index is 0.0606. The molecule has 18 heavy (non-hydrogen) atoms. The molecule has 1 aliphatic carbocycles. The van der Waals surface area contributed by atoms with E-state index in [1.807, 2.05) is 0 Å². The maximum atomic E-state index is 13.2. The van der Waals surface area contributed by atoms with Gasteiger partial charge in [0.05, 0.1) is 6.61 Å². The predicted octanol–water partition coefficient (Wildman–Crippen LogP) is 3.61. The Morgan fingerprint density at radius 3 is 2.67 bits per heavy atom. The SMILES string of the molecule is CCCNC(COCCC)CC1CCC(F)(F)C1. The van der Waals surface area contributed by atoms with Crippen LogP contribution in [0.3, 0.4) is 0 Å². The van der Waals surface area contributed by atoms with Crippen molar-refractivity contribution in [3.05, 3.63) is 0 Å². The summed E-state index contributed by atoms with van der Waals surface area (Å²) in [6, 6.07) is 0.232. The van der Waals surface area contributed by atoms with Crippen LogP contribution in [-0.4, -0.2) is 31.7 Å². The lowest BCUT2D eigenvalue weighted by Gasteiger charge is -2.22. The molecule has 108 valence electrons. The quantitative estimate of drug-likeness (QED) is 0.642. The number of hydrogen-bond acceptors (Lipinski definition) is 2. The van der Waals surface area contributed by atoms with Crippen molar-refractivity contribution in [2.75, 3.05) is 19.8 Å². The van der Waals surface area contributed by atoms with Crippen LogP contribution in [0.2, 0.25) is 0 Å². The molecule has 0 bridgehead atoms. The molecule has 2 nitrogen and oxygen atoms in total. The molecule has 0 radical (unpaired) electrons. The fourth-order valence-electron chi connectivity index (χ4n) is 2.57. The largest absolute Gasteiger partial charge is 0.380 e. The van der Waals surface area contributed by atoms with Gasteiger partial charge in [-0.25, -0.2) is 8.78 Å². The molecule has 0 aromatic heterocycles. The third kappa shape index (κ3) is 6.10. The van der Waals surface area contributed by atoms with E-state index in [0.717, 1.165) is 32.4 Å². The first-order valence-corrected chi connectivity index (χ1v) is 7.26. The van der Waals surface area contributed by atoms with Gasteiger partial charge in [0.15, 0.2) is 0 Å². The van der Waals surface area contributed by atoms with Crippen molar-refractivity contribution in [3.8, 4) is 0 Å². The Kier molecular flexibility index (Phi) is 7.08. The smallest absolute Gasteiger partial charge is 0.248 e. The topological polar surface area (TPSA) is 21.3 Å². The number of rotatable bonds is 9. The van der Waals surface area contributed by atoms with Crippen LogP contribution in [0.25, 0.3) is 0 Å². The van der Waals surface area contributed by atoms with E-state index in [1.54, 1.807) is 0 Å². The molecule has 1 rings (SSSR count). The van der Waals surface area contributed by atoms with E-state index in [-0.39, 0.29) is 24.8 Å². The fourth-order valence-corrected chi connectivity index (χ4v) is 2.57. The lowest BCUT2D eigenvalue weighted by atomic mass is 9.98. The van der Waals surface area contributed by atoms with Crippen molar-refractivity contribution < 1.29 is 13.5 Å². The summed E-state index contributed by atoms with van der Waals surface area (Å²) in [6.07, 6.45) is 3.66. The van der Waals surface area contributed by atoms with Crippen LogP contribution >= 0.6 is 0 Å². The average molecular weight is 263 g/mol. The summed E-state index contributed by atoms with van der Waals surface area (Å²) in [5.41, 5.74) is 0. The molecular formula is C14H27F2NO. The summed E-state index contributed by atoms with van der Waals surface area (Å²) >= 11 is 0. The van der Waals surface area contributed by atoms with Gasteiger partial charge in [0.25, 0.3) is 0 Å². The molecule has 4 heteroatoms. The Morgan fingerprint density at radius 2 is 2.11 bits per heavy atom. The van der Waals surface area contributed by atoms with Crippen LogP contribution in [0.5, 0.6) is 0 Å². The Morgan fingerprint density at radius 1 is 1.33 bits per heavy atom. The third-order valence-electron chi connectivity index (χ3n) is 3.47. The van der Waals surface area contributed by atoms with Crippen LogP contribution in [0.1, 0.15) is 52.4 Å². The van der Waals surface area contributed by atoms with E-state index < -0.39 is 5.92 Å². The van der Waals surface area contributed by atoms with Crippen LogP contribution in [-0.2, 0) is 4.74 Å². The second kappa shape index (κ2) is 8.05. The molecule has 0 aliphatic heterocycles. The zero-order valence-corrected chi connectivity index (χ0v) is 11.7. The molecule has 0 saturated heterocycles. The Balaban J connectivity index is 2.30. The van der Waals surface area contributed by atoms with Gasteiger partial charge in [-0.05, 0) is 38.1 Å². The van der Waals surface area contributed by atoms with Crippen molar-refractivity contribution in [2.45, 2.75) is 64.3 Å². The van der Waals surface area contributed by atoms with Crippen molar-refractivity contribution >= 4 is 0 Å². The fraction of sp³-hybridized carbons (Fsp3) is 1.00.